The molecule has 40 heavy (non-hydrogen) atoms. The number of ether oxygens (including phenoxy) is 2. The van der Waals surface area contributed by atoms with E-state index in [1.54, 1.807) is 24.3 Å². The molecule has 202 valence electrons. The van der Waals surface area contributed by atoms with Crippen LogP contribution in [0.3, 0.4) is 0 Å². The summed E-state index contributed by atoms with van der Waals surface area (Å²) >= 11 is 3.57. The van der Waals surface area contributed by atoms with Crippen molar-refractivity contribution in [3.05, 3.63) is 106 Å². The van der Waals surface area contributed by atoms with Crippen molar-refractivity contribution in [3.8, 4) is 11.5 Å². The summed E-state index contributed by atoms with van der Waals surface area (Å²) in [6, 6.07) is 23.9. The fourth-order valence-corrected chi connectivity index (χ4v) is 5.16. The SMILES string of the molecule is CCOc1cc(/C=C2/C(=O)NC(=O)N(c3ccc(CC)cc3)C2=O)cc(Br)c1OCc1cccc2ccccc12. The number of imide groups is 2. The van der Waals surface area contributed by atoms with Crippen molar-refractivity contribution in [1.82, 2.24) is 5.32 Å². The largest absolute Gasteiger partial charge is 0.490 e. The van der Waals surface area contributed by atoms with E-state index < -0.39 is 17.8 Å². The second-order valence-electron chi connectivity index (χ2n) is 9.17. The van der Waals surface area contributed by atoms with Gasteiger partial charge in [-0.1, -0.05) is 61.5 Å². The minimum Gasteiger partial charge on any atom is -0.490 e. The first kappa shape index (κ1) is 27.1. The van der Waals surface area contributed by atoms with E-state index in [-0.39, 0.29) is 5.57 Å². The fraction of sp³-hybridized carbons (Fsp3) is 0.156. The van der Waals surface area contributed by atoms with Crippen LogP contribution in [-0.2, 0) is 22.6 Å². The summed E-state index contributed by atoms with van der Waals surface area (Å²) in [5.41, 5.74) is 2.84. The second kappa shape index (κ2) is 11.8. The lowest BCUT2D eigenvalue weighted by Crippen LogP contribution is -2.54. The normalized spacial score (nSPS) is 14.5. The molecule has 4 amide bonds. The number of halogens is 1. The molecule has 7 nitrogen and oxygen atoms in total. The zero-order chi connectivity index (χ0) is 28.2. The maximum atomic E-state index is 13.3. The van der Waals surface area contributed by atoms with Gasteiger partial charge in [0.25, 0.3) is 11.8 Å². The van der Waals surface area contributed by atoms with Gasteiger partial charge in [0.2, 0.25) is 0 Å². The summed E-state index contributed by atoms with van der Waals surface area (Å²) in [7, 11) is 0. The Morgan fingerprint density at radius 1 is 0.900 bits per heavy atom. The van der Waals surface area contributed by atoms with Gasteiger partial charge >= 0.3 is 6.03 Å². The van der Waals surface area contributed by atoms with Gasteiger partial charge in [-0.05, 0) is 87.1 Å². The van der Waals surface area contributed by atoms with Crippen LogP contribution in [0.5, 0.6) is 11.5 Å². The Hall–Kier alpha value is -4.43. The van der Waals surface area contributed by atoms with E-state index in [4.69, 9.17) is 9.47 Å². The van der Waals surface area contributed by atoms with Gasteiger partial charge in [0.1, 0.15) is 12.2 Å². The summed E-state index contributed by atoms with van der Waals surface area (Å²) in [6.07, 6.45) is 2.27. The van der Waals surface area contributed by atoms with Crippen LogP contribution in [0.25, 0.3) is 16.8 Å². The molecule has 0 aliphatic carbocycles. The third-order valence-corrected chi connectivity index (χ3v) is 7.19. The van der Waals surface area contributed by atoms with E-state index in [0.29, 0.717) is 40.4 Å². The topological polar surface area (TPSA) is 84.9 Å². The molecule has 0 saturated carbocycles. The molecule has 1 saturated heterocycles. The molecule has 1 aliphatic heterocycles. The number of hydrogen-bond donors (Lipinski definition) is 1. The lowest BCUT2D eigenvalue weighted by Gasteiger charge is -2.26. The molecule has 0 radical (unpaired) electrons. The highest BCUT2D eigenvalue weighted by Crippen LogP contribution is 2.38. The van der Waals surface area contributed by atoms with Crippen molar-refractivity contribution in [2.75, 3.05) is 11.5 Å². The molecule has 0 spiro atoms. The third-order valence-electron chi connectivity index (χ3n) is 6.60. The number of nitrogens with zero attached hydrogens (tertiary/aromatic N) is 1. The van der Waals surface area contributed by atoms with Gasteiger partial charge in [-0.2, -0.15) is 0 Å². The van der Waals surface area contributed by atoms with Crippen LogP contribution in [-0.4, -0.2) is 24.5 Å². The molecule has 1 heterocycles. The highest BCUT2D eigenvalue weighted by molar-refractivity contribution is 9.10. The number of anilines is 1. The van der Waals surface area contributed by atoms with Gasteiger partial charge in [-0.15, -0.1) is 0 Å². The third kappa shape index (κ3) is 5.49. The van der Waals surface area contributed by atoms with Crippen LogP contribution in [0.1, 0.15) is 30.5 Å². The number of urea groups is 1. The van der Waals surface area contributed by atoms with Gasteiger partial charge in [0.15, 0.2) is 11.5 Å². The van der Waals surface area contributed by atoms with Crippen LogP contribution in [0.4, 0.5) is 10.5 Å². The van der Waals surface area contributed by atoms with Gasteiger partial charge in [-0.3, -0.25) is 14.9 Å². The Morgan fingerprint density at radius 3 is 2.40 bits per heavy atom. The number of carbonyl (C=O) groups is 3. The molecule has 0 unspecified atom stereocenters. The van der Waals surface area contributed by atoms with Crippen molar-refractivity contribution in [2.45, 2.75) is 26.9 Å². The molecular weight excluding hydrogens is 572 g/mol. The number of hydrogen-bond acceptors (Lipinski definition) is 5. The van der Waals surface area contributed by atoms with E-state index >= 15 is 0 Å². The average molecular weight is 599 g/mol. The van der Waals surface area contributed by atoms with Crippen LogP contribution >= 0.6 is 15.9 Å². The summed E-state index contributed by atoms with van der Waals surface area (Å²) in [4.78, 5) is 39.6. The van der Waals surface area contributed by atoms with Gasteiger partial charge in [-0.25, -0.2) is 9.69 Å². The highest BCUT2D eigenvalue weighted by atomic mass is 79.9. The zero-order valence-corrected chi connectivity index (χ0v) is 23.7. The van der Waals surface area contributed by atoms with E-state index in [0.717, 1.165) is 33.2 Å². The van der Waals surface area contributed by atoms with Crippen molar-refractivity contribution < 1.29 is 23.9 Å². The van der Waals surface area contributed by atoms with Crippen molar-refractivity contribution in [2.24, 2.45) is 0 Å². The van der Waals surface area contributed by atoms with Gasteiger partial charge in [0, 0.05) is 0 Å². The minimum atomic E-state index is -0.787. The fourth-order valence-electron chi connectivity index (χ4n) is 4.58. The predicted molar refractivity (Wildman–Crippen MR) is 158 cm³/mol. The average Bonchev–Trinajstić information content (AvgIpc) is 2.95. The standard InChI is InChI=1S/C32H27BrN2O5/c1-3-20-12-14-24(15-13-20)35-31(37)26(30(36)34-32(35)38)16-21-17-27(33)29(28(18-21)39-4-2)40-19-23-10-7-9-22-8-5-6-11-25(22)23/h5-18H,3-4,19H2,1-2H3,(H,34,36,38)/b26-16-. The summed E-state index contributed by atoms with van der Waals surface area (Å²) < 4.78 is 12.7. The van der Waals surface area contributed by atoms with Crippen molar-refractivity contribution in [3.63, 3.8) is 0 Å². The molecule has 0 bridgehead atoms. The summed E-state index contributed by atoms with van der Waals surface area (Å²) in [5, 5.41) is 4.49. The molecular formula is C32H27BrN2O5. The molecule has 1 aliphatic rings. The smallest absolute Gasteiger partial charge is 0.335 e. The number of carbonyl (C=O) groups excluding carboxylic acids is 3. The van der Waals surface area contributed by atoms with E-state index in [1.807, 2.05) is 50.2 Å². The Labute approximate surface area is 240 Å². The number of rotatable bonds is 8. The summed E-state index contributed by atoms with van der Waals surface area (Å²) in [6.45, 7) is 4.57. The zero-order valence-electron chi connectivity index (χ0n) is 22.1. The molecule has 4 aromatic rings. The lowest BCUT2D eigenvalue weighted by atomic mass is 10.0. The first-order valence-corrected chi connectivity index (χ1v) is 13.7. The van der Waals surface area contributed by atoms with E-state index in [2.05, 4.69) is 39.4 Å². The van der Waals surface area contributed by atoms with Crippen LogP contribution in [0.2, 0.25) is 0 Å². The lowest BCUT2D eigenvalue weighted by molar-refractivity contribution is -0.122. The Morgan fingerprint density at radius 2 is 1.65 bits per heavy atom. The second-order valence-corrected chi connectivity index (χ2v) is 10.0. The van der Waals surface area contributed by atoms with Gasteiger partial charge in [0.05, 0.1) is 16.8 Å². The first-order chi connectivity index (χ1) is 19.4. The van der Waals surface area contributed by atoms with Crippen molar-refractivity contribution in [1.29, 1.82) is 0 Å². The Bertz CT molecular complexity index is 1640. The molecule has 4 aromatic carbocycles. The number of barbiturate groups is 1. The van der Waals surface area contributed by atoms with Crippen LogP contribution in [0.15, 0.2) is 88.9 Å². The number of fused-ring (bicyclic) bond motifs is 1. The van der Waals surface area contributed by atoms with E-state index in [9.17, 15) is 14.4 Å². The number of nitrogens with one attached hydrogen (secondary N) is 1. The molecule has 1 N–H and O–H groups in total. The Kier molecular flexibility index (Phi) is 7.98. The number of benzene rings is 4. The Balaban J connectivity index is 1.45. The first-order valence-electron chi connectivity index (χ1n) is 13.0. The predicted octanol–water partition coefficient (Wildman–Crippen LogP) is 6.81. The maximum absolute atomic E-state index is 13.3. The monoisotopic (exact) mass is 598 g/mol. The maximum Gasteiger partial charge on any atom is 0.335 e. The van der Waals surface area contributed by atoms with E-state index in [1.165, 1.54) is 6.08 Å². The molecule has 1 fully saturated rings. The number of aryl methyl sites for hydroxylation is 1. The van der Waals surface area contributed by atoms with Crippen LogP contribution in [0, 0.1) is 0 Å². The molecule has 0 aromatic heterocycles. The quantitative estimate of drug-likeness (QED) is 0.178. The summed E-state index contributed by atoms with van der Waals surface area (Å²) in [5.74, 6) is -0.509. The van der Waals surface area contributed by atoms with Crippen molar-refractivity contribution >= 4 is 56.3 Å². The number of amides is 4. The minimum absolute atomic E-state index is 0.169. The highest BCUT2D eigenvalue weighted by Gasteiger charge is 2.36. The molecule has 5 rings (SSSR count). The molecule has 8 heteroatoms. The van der Waals surface area contributed by atoms with Gasteiger partial charge < -0.3 is 9.47 Å². The van der Waals surface area contributed by atoms with Crippen LogP contribution < -0.4 is 19.7 Å². The molecule has 0 atom stereocenters.